The Kier molecular flexibility index (Phi) is 3.67. The van der Waals surface area contributed by atoms with Crippen molar-refractivity contribution in [2.75, 3.05) is 17.8 Å². The molecule has 8 heteroatoms. The molecule has 0 bridgehead atoms. The first-order valence-corrected chi connectivity index (χ1v) is 7.72. The van der Waals surface area contributed by atoms with Crippen LogP contribution in [0.3, 0.4) is 0 Å². The maximum atomic E-state index is 11.9. The molecule has 0 aromatic carbocycles. The van der Waals surface area contributed by atoms with Crippen molar-refractivity contribution in [3.63, 3.8) is 0 Å². The summed E-state index contributed by atoms with van der Waals surface area (Å²) in [7, 11) is -3.48. The summed E-state index contributed by atoms with van der Waals surface area (Å²) < 4.78 is 27.6. The van der Waals surface area contributed by atoms with Gasteiger partial charge in [0.2, 0.25) is 0 Å². The first-order chi connectivity index (χ1) is 7.99. The Bertz CT molecular complexity index is 477. The SMILES string of the molecule is CC(O)c1csc(NS(=O)(=O)N2CCCC2)n1. The second-order valence-electron chi connectivity index (χ2n) is 3.97. The number of hydrogen-bond acceptors (Lipinski definition) is 5. The topological polar surface area (TPSA) is 82.5 Å². The largest absolute Gasteiger partial charge is 0.387 e. The number of thiazole rings is 1. The van der Waals surface area contributed by atoms with Crippen LogP contribution in [0.25, 0.3) is 0 Å². The minimum Gasteiger partial charge on any atom is -0.387 e. The summed E-state index contributed by atoms with van der Waals surface area (Å²) in [6.07, 6.45) is 1.12. The molecule has 2 rings (SSSR count). The fraction of sp³-hybridized carbons (Fsp3) is 0.667. The quantitative estimate of drug-likeness (QED) is 0.858. The number of aliphatic hydroxyl groups excluding tert-OH is 1. The van der Waals surface area contributed by atoms with E-state index in [-0.39, 0.29) is 0 Å². The Balaban J connectivity index is 2.08. The van der Waals surface area contributed by atoms with Crippen molar-refractivity contribution in [2.45, 2.75) is 25.9 Å². The predicted octanol–water partition coefficient (Wildman–Crippen LogP) is 0.949. The zero-order chi connectivity index (χ0) is 12.5. The van der Waals surface area contributed by atoms with E-state index in [0.717, 1.165) is 12.8 Å². The van der Waals surface area contributed by atoms with Crippen LogP contribution in [0.1, 0.15) is 31.6 Å². The molecule has 17 heavy (non-hydrogen) atoms. The van der Waals surface area contributed by atoms with Crippen LogP contribution in [-0.4, -0.2) is 35.9 Å². The standard InChI is InChI=1S/C9H15N3O3S2/c1-7(13)8-6-16-9(10-8)11-17(14,15)12-4-2-3-5-12/h6-7,13H,2-5H2,1H3,(H,10,11). The van der Waals surface area contributed by atoms with E-state index >= 15 is 0 Å². The number of aromatic nitrogens is 1. The summed E-state index contributed by atoms with van der Waals surface area (Å²) in [5.74, 6) is 0. The molecule has 2 heterocycles. The van der Waals surface area contributed by atoms with E-state index in [0.29, 0.717) is 23.9 Å². The minimum absolute atomic E-state index is 0.299. The molecule has 0 aliphatic carbocycles. The molecule has 1 aliphatic rings. The molecule has 0 spiro atoms. The van der Waals surface area contributed by atoms with E-state index in [1.807, 2.05) is 0 Å². The first-order valence-electron chi connectivity index (χ1n) is 5.40. The highest BCUT2D eigenvalue weighted by molar-refractivity contribution is 7.90. The van der Waals surface area contributed by atoms with Gasteiger partial charge in [0, 0.05) is 18.5 Å². The second-order valence-corrected chi connectivity index (χ2v) is 6.50. The van der Waals surface area contributed by atoms with Crippen LogP contribution < -0.4 is 4.72 Å². The molecule has 96 valence electrons. The summed E-state index contributed by atoms with van der Waals surface area (Å²) in [5.41, 5.74) is 0.481. The average Bonchev–Trinajstić information content (AvgIpc) is 2.85. The highest BCUT2D eigenvalue weighted by Crippen LogP contribution is 2.23. The third kappa shape index (κ3) is 2.95. The van der Waals surface area contributed by atoms with E-state index in [1.54, 1.807) is 12.3 Å². The zero-order valence-electron chi connectivity index (χ0n) is 9.46. The molecule has 1 aliphatic heterocycles. The van der Waals surface area contributed by atoms with E-state index in [9.17, 15) is 13.5 Å². The zero-order valence-corrected chi connectivity index (χ0v) is 11.1. The van der Waals surface area contributed by atoms with Gasteiger partial charge in [-0.05, 0) is 19.8 Å². The number of rotatable bonds is 4. The number of nitrogens with zero attached hydrogens (tertiary/aromatic N) is 2. The molecule has 6 nitrogen and oxygen atoms in total. The van der Waals surface area contributed by atoms with Crippen molar-refractivity contribution >= 4 is 26.7 Å². The second kappa shape index (κ2) is 4.89. The molecule has 2 N–H and O–H groups in total. The Morgan fingerprint density at radius 3 is 2.71 bits per heavy atom. The first kappa shape index (κ1) is 12.7. The summed E-state index contributed by atoms with van der Waals surface area (Å²) in [6.45, 7) is 2.71. The minimum atomic E-state index is -3.48. The lowest BCUT2D eigenvalue weighted by Gasteiger charge is -2.15. The van der Waals surface area contributed by atoms with Crippen LogP contribution >= 0.6 is 11.3 Å². The maximum Gasteiger partial charge on any atom is 0.303 e. The van der Waals surface area contributed by atoms with Gasteiger partial charge in [0.15, 0.2) is 5.13 Å². The smallest absolute Gasteiger partial charge is 0.303 e. The molecule has 1 aromatic heterocycles. The lowest BCUT2D eigenvalue weighted by atomic mass is 10.3. The van der Waals surface area contributed by atoms with Crippen molar-refractivity contribution in [1.82, 2.24) is 9.29 Å². The molecular formula is C9H15N3O3S2. The molecule has 0 saturated carbocycles. The van der Waals surface area contributed by atoms with Crippen molar-refractivity contribution in [3.8, 4) is 0 Å². The van der Waals surface area contributed by atoms with E-state index in [1.165, 1.54) is 15.6 Å². The highest BCUT2D eigenvalue weighted by Gasteiger charge is 2.26. The van der Waals surface area contributed by atoms with Gasteiger partial charge >= 0.3 is 10.2 Å². The molecule has 1 unspecified atom stereocenters. The van der Waals surface area contributed by atoms with E-state index in [2.05, 4.69) is 9.71 Å². The number of hydrogen-bond donors (Lipinski definition) is 2. The van der Waals surface area contributed by atoms with Crippen LogP contribution in [-0.2, 0) is 10.2 Å². The lowest BCUT2D eigenvalue weighted by Crippen LogP contribution is -2.33. The van der Waals surface area contributed by atoms with Crippen molar-refractivity contribution in [3.05, 3.63) is 11.1 Å². The molecule has 1 fully saturated rings. The average molecular weight is 277 g/mol. The Morgan fingerprint density at radius 1 is 1.53 bits per heavy atom. The molecule has 1 saturated heterocycles. The van der Waals surface area contributed by atoms with Crippen molar-refractivity contribution < 1.29 is 13.5 Å². The van der Waals surface area contributed by atoms with Crippen LogP contribution in [0.2, 0.25) is 0 Å². The Hall–Kier alpha value is -0.700. The number of nitrogens with one attached hydrogen (secondary N) is 1. The fourth-order valence-electron chi connectivity index (χ4n) is 1.63. The van der Waals surface area contributed by atoms with E-state index < -0.39 is 16.3 Å². The van der Waals surface area contributed by atoms with Crippen LogP contribution in [0.15, 0.2) is 5.38 Å². The molecule has 1 aromatic rings. The fourth-order valence-corrected chi connectivity index (χ4v) is 3.91. The van der Waals surface area contributed by atoms with Gasteiger partial charge in [-0.3, -0.25) is 0 Å². The third-order valence-corrected chi connectivity index (χ3v) is 4.97. The van der Waals surface area contributed by atoms with Gasteiger partial charge in [0.1, 0.15) is 0 Å². The lowest BCUT2D eigenvalue weighted by molar-refractivity contribution is 0.195. The maximum absolute atomic E-state index is 11.9. The Labute approximate surface area is 104 Å². The van der Waals surface area contributed by atoms with Crippen molar-refractivity contribution in [1.29, 1.82) is 0 Å². The Morgan fingerprint density at radius 2 is 2.18 bits per heavy atom. The van der Waals surface area contributed by atoms with Gasteiger partial charge < -0.3 is 5.11 Å². The highest BCUT2D eigenvalue weighted by atomic mass is 32.2. The van der Waals surface area contributed by atoms with Crippen LogP contribution in [0, 0.1) is 0 Å². The normalized spacial score (nSPS) is 19.4. The molecule has 0 amide bonds. The van der Waals surface area contributed by atoms with Gasteiger partial charge in [-0.1, -0.05) is 0 Å². The predicted molar refractivity (Wildman–Crippen MR) is 66.1 cm³/mol. The van der Waals surface area contributed by atoms with Crippen LogP contribution in [0.4, 0.5) is 5.13 Å². The van der Waals surface area contributed by atoms with Gasteiger partial charge in [-0.15, -0.1) is 11.3 Å². The van der Waals surface area contributed by atoms with Gasteiger partial charge in [-0.2, -0.15) is 12.7 Å². The summed E-state index contributed by atoms with van der Waals surface area (Å²) >= 11 is 1.18. The van der Waals surface area contributed by atoms with Gasteiger partial charge in [-0.25, -0.2) is 9.71 Å². The molecule has 1 atom stereocenters. The van der Waals surface area contributed by atoms with Gasteiger partial charge in [0.05, 0.1) is 11.8 Å². The summed E-state index contributed by atoms with van der Waals surface area (Å²) in [4.78, 5) is 4.02. The number of aliphatic hydroxyl groups is 1. The summed E-state index contributed by atoms with van der Waals surface area (Å²) in [6, 6.07) is 0. The van der Waals surface area contributed by atoms with E-state index in [4.69, 9.17) is 0 Å². The summed E-state index contributed by atoms with van der Waals surface area (Å²) in [5, 5.41) is 11.2. The number of anilines is 1. The third-order valence-electron chi connectivity index (χ3n) is 2.57. The van der Waals surface area contributed by atoms with Gasteiger partial charge in [0.25, 0.3) is 0 Å². The molecule has 0 radical (unpaired) electrons. The monoisotopic (exact) mass is 277 g/mol. The van der Waals surface area contributed by atoms with Crippen LogP contribution in [0.5, 0.6) is 0 Å². The molecular weight excluding hydrogens is 262 g/mol. The van der Waals surface area contributed by atoms with Crippen molar-refractivity contribution in [2.24, 2.45) is 0 Å².